The van der Waals surface area contributed by atoms with Gasteiger partial charge in [-0.25, -0.2) is 0 Å². The average Bonchev–Trinajstić information content (AvgIpc) is 2.67. The van der Waals surface area contributed by atoms with Gasteiger partial charge >= 0.3 is 0 Å². The van der Waals surface area contributed by atoms with Crippen molar-refractivity contribution < 1.29 is 9.59 Å². The number of amides is 2. The summed E-state index contributed by atoms with van der Waals surface area (Å²) in [5, 5.41) is 4.04. The van der Waals surface area contributed by atoms with Crippen LogP contribution in [0.1, 0.15) is 37.8 Å². The van der Waals surface area contributed by atoms with Crippen LogP contribution in [0.3, 0.4) is 0 Å². The van der Waals surface area contributed by atoms with Gasteiger partial charge in [0.2, 0.25) is 11.8 Å². The van der Waals surface area contributed by atoms with Crippen molar-refractivity contribution in [3.8, 4) is 0 Å². The molecule has 1 atom stereocenters. The molecule has 1 unspecified atom stereocenters. The number of carbonyl (C=O) groups excluding carboxylic acids is 2. The molecule has 0 bridgehead atoms. The first-order valence-corrected chi connectivity index (χ1v) is 10.2. The summed E-state index contributed by atoms with van der Waals surface area (Å²) in [7, 11) is 0. The number of carbonyl (C=O) groups is 2. The first kappa shape index (κ1) is 22.3. The van der Waals surface area contributed by atoms with E-state index in [2.05, 4.69) is 12.2 Å². The molecule has 2 amide bonds. The molecule has 150 valence electrons. The molecule has 2 aromatic carbocycles. The highest BCUT2D eigenvalue weighted by atomic mass is 35.5. The Labute approximate surface area is 176 Å². The number of unbranched alkanes of at least 4 members (excludes halogenated alkanes) is 1. The van der Waals surface area contributed by atoms with Crippen LogP contribution in [0.25, 0.3) is 0 Å². The van der Waals surface area contributed by atoms with Crippen molar-refractivity contribution in [3.63, 3.8) is 0 Å². The van der Waals surface area contributed by atoms with Gasteiger partial charge < -0.3 is 10.2 Å². The minimum Gasteiger partial charge on any atom is -0.354 e. The topological polar surface area (TPSA) is 49.4 Å². The molecule has 2 rings (SSSR count). The molecule has 0 heterocycles. The monoisotopic (exact) mass is 420 g/mol. The van der Waals surface area contributed by atoms with E-state index in [1.54, 1.807) is 30.0 Å². The molecule has 0 aromatic heterocycles. The smallest absolute Gasteiger partial charge is 0.242 e. The normalized spacial score (nSPS) is 11.7. The zero-order valence-electron chi connectivity index (χ0n) is 16.3. The van der Waals surface area contributed by atoms with E-state index < -0.39 is 6.04 Å². The number of halogens is 2. The molecule has 6 heteroatoms. The second-order valence-corrected chi connectivity index (χ2v) is 7.58. The molecule has 0 fully saturated rings. The molecule has 1 N–H and O–H groups in total. The summed E-state index contributed by atoms with van der Waals surface area (Å²) in [6.07, 6.45) is 2.03. The summed E-state index contributed by atoms with van der Waals surface area (Å²) in [6.45, 7) is 4.71. The molecular weight excluding hydrogens is 395 g/mol. The summed E-state index contributed by atoms with van der Waals surface area (Å²) < 4.78 is 0. The lowest BCUT2D eigenvalue weighted by molar-refractivity contribution is -0.140. The van der Waals surface area contributed by atoms with Crippen molar-refractivity contribution in [2.75, 3.05) is 6.54 Å². The van der Waals surface area contributed by atoms with Crippen molar-refractivity contribution in [3.05, 3.63) is 69.7 Å². The van der Waals surface area contributed by atoms with Crippen molar-refractivity contribution in [2.45, 2.75) is 45.7 Å². The third-order valence-electron chi connectivity index (χ3n) is 4.54. The lowest BCUT2D eigenvalue weighted by Gasteiger charge is -2.29. The molecule has 0 aliphatic rings. The summed E-state index contributed by atoms with van der Waals surface area (Å²) in [4.78, 5) is 27.2. The van der Waals surface area contributed by atoms with E-state index >= 15 is 0 Å². The number of nitrogens with zero attached hydrogens (tertiary/aromatic N) is 1. The minimum atomic E-state index is -0.606. The van der Waals surface area contributed by atoms with E-state index in [4.69, 9.17) is 23.2 Å². The van der Waals surface area contributed by atoms with Gasteiger partial charge in [0.05, 0.1) is 6.42 Å². The first-order valence-electron chi connectivity index (χ1n) is 9.47. The van der Waals surface area contributed by atoms with Gasteiger partial charge in [0.1, 0.15) is 6.04 Å². The summed E-state index contributed by atoms with van der Waals surface area (Å²) >= 11 is 12.3. The fraction of sp³-hybridized carbons (Fsp3) is 0.364. The molecule has 0 spiro atoms. The number of benzene rings is 2. The van der Waals surface area contributed by atoms with E-state index in [1.165, 1.54) is 0 Å². The molecule has 4 nitrogen and oxygen atoms in total. The van der Waals surface area contributed by atoms with Gasteiger partial charge in [0, 0.05) is 23.1 Å². The Morgan fingerprint density at radius 2 is 1.86 bits per heavy atom. The maximum Gasteiger partial charge on any atom is 0.242 e. The number of hydrogen-bond donors (Lipinski definition) is 1. The first-order chi connectivity index (χ1) is 13.4. The van der Waals surface area contributed by atoms with E-state index in [1.807, 2.05) is 30.3 Å². The summed E-state index contributed by atoms with van der Waals surface area (Å²) in [5.74, 6) is -0.325. The highest BCUT2D eigenvalue weighted by molar-refractivity contribution is 6.31. The molecule has 0 aliphatic carbocycles. The summed E-state index contributed by atoms with van der Waals surface area (Å²) in [5.41, 5.74) is 1.61. The Hall–Kier alpha value is -2.04. The highest BCUT2D eigenvalue weighted by Gasteiger charge is 2.26. The van der Waals surface area contributed by atoms with E-state index in [0.29, 0.717) is 23.1 Å². The zero-order valence-corrected chi connectivity index (χ0v) is 17.8. The maximum atomic E-state index is 13.1. The Morgan fingerprint density at radius 3 is 2.54 bits per heavy atom. The van der Waals surface area contributed by atoms with Gasteiger partial charge in [-0.3, -0.25) is 9.59 Å². The van der Waals surface area contributed by atoms with Crippen molar-refractivity contribution in [1.82, 2.24) is 10.2 Å². The van der Waals surface area contributed by atoms with E-state index in [-0.39, 0.29) is 18.2 Å². The van der Waals surface area contributed by atoms with E-state index in [9.17, 15) is 9.59 Å². The average molecular weight is 421 g/mol. The number of rotatable bonds is 9. The van der Waals surface area contributed by atoms with Gasteiger partial charge in [0.15, 0.2) is 0 Å². The Balaban J connectivity index is 2.20. The highest BCUT2D eigenvalue weighted by Crippen LogP contribution is 2.19. The number of hydrogen-bond acceptors (Lipinski definition) is 2. The second kappa shape index (κ2) is 11.1. The summed E-state index contributed by atoms with van der Waals surface area (Å²) in [6, 6.07) is 14.0. The minimum absolute atomic E-state index is 0.132. The van der Waals surface area contributed by atoms with Crippen molar-refractivity contribution in [2.24, 2.45) is 0 Å². The largest absolute Gasteiger partial charge is 0.354 e. The van der Waals surface area contributed by atoms with Crippen LogP contribution >= 0.6 is 23.2 Å². The van der Waals surface area contributed by atoms with Gasteiger partial charge in [0.25, 0.3) is 0 Å². The SMILES string of the molecule is CCCCNC(=O)C(C)N(Cc1cccc(Cl)c1)C(=O)Cc1ccccc1Cl. The second-order valence-electron chi connectivity index (χ2n) is 6.74. The zero-order chi connectivity index (χ0) is 20.5. The van der Waals surface area contributed by atoms with Crippen LogP contribution in [0.4, 0.5) is 0 Å². The fourth-order valence-corrected chi connectivity index (χ4v) is 3.27. The molecule has 0 saturated heterocycles. The Morgan fingerprint density at radius 1 is 1.11 bits per heavy atom. The maximum absolute atomic E-state index is 13.1. The van der Waals surface area contributed by atoms with Crippen LogP contribution in [0, 0.1) is 0 Å². The van der Waals surface area contributed by atoms with Crippen LogP contribution in [-0.4, -0.2) is 29.3 Å². The van der Waals surface area contributed by atoms with Crippen LogP contribution in [-0.2, 0) is 22.6 Å². The lowest BCUT2D eigenvalue weighted by Crippen LogP contribution is -2.48. The molecular formula is C22H26Cl2N2O2. The standard InChI is InChI=1S/C22H26Cl2N2O2/c1-3-4-12-25-22(28)16(2)26(15-17-8-7-10-19(23)13-17)21(27)14-18-9-5-6-11-20(18)24/h5-11,13,16H,3-4,12,14-15H2,1-2H3,(H,25,28). The Bertz CT molecular complexity index is 811. The van der Waals surface area contributed by atoms with Crippen LogP contribution in [0.2, 0.25) is 10.0 Å². The molecule has 28 heavy (non-hydrogen) atoms. The molecule has 0 saturated carbocycles. The van der Waals surface area contributed by atoms with E-state index in [0.717, 1.165) is 24.0 Å². The van der Waals surface area contributed by atoms with Crippen molar-refractivity contribution in [1.29, 1.82) is 0 Å². The predicted octanol–water partition coefficient (Wildman–Crippen LogP) is 4.87. The Kier molecular flexibility index (Phi) is 8.81. The molecule has 2 aromatic rings. The number of nitrogens with one attached hydrogen (secondary N) is 1. The quantitative estimate of drug-likeness (QED) is 0.588. The van der Waals surface area contributed by atoms with Crippen LogP contribution in [0.5, 0.6) is 0 Å². The van der Waals surface area contributed by atoms with Crippen LogP contribution < -0.4 is 5.32 Å². The lowest BCUT2D eigenvalue weighted by atomic mass is 10.1. The van der Waals surface area contributed by atoms with Crippen LogP contribution in [0.15, 0.2) is 48.5 Å². The van der Waals surface area contributed by atoms with Crippen molar-refractivity contribution >= 4 is 35.0 Å². The van der Waals surface area contributed by atoms with Gasteiger partial charge in [-0.2, -0.15) is 0 Å². The molecule has 0 aliphatic heterocycles. The third-order valence-corrected chi connectivity index (χ3v) is 5.14. The fourth-order valence-electron chi connectivity index (χ4n) is 2.86. The van der Waals surface area contributed by atoms with Gasteiger partial charge in [-0.05, 0) is 42.7 Å². The molecule has 0 radical (unpaired) electrons. The predicted molar refractivity (Wildman–Crippen MR) is 115 cm³/mol. The van der Waals surface area contributed by atoms with Gasteiger partial charge in [-0.15, -0.1) is 0 Å². The third kappa shape index (κ3) is 6.54. The van der Waals surface area contributed by atoms with Gasteiger partial charge in [-0.1, -0.05) is 66.9 Å².